The Morgan fingerprint density at radius 1 is 1.47 bits per heavy atom. The van der Waals surface area contributed by atoms with E-state index < -0.39 is 0 Å². The second-order valence-corrected chi connectivity index (χ2v) is 3.69. The highest BCUT2D eigenvalue weighted by Crippen LogP contribution is 2.24. The van der Waals surface area contributed by atoms with Crippen LogP contribution in [0.3, 0.4) is 0 Å². The molecule has 0 saturated carbocycles. The molecule has 0 fully saturated rings. The summed E-state index contributed by atoms with van der Waals surface area (Å²) in [5.74, 6) is 0. The highest BCUT2D eigenvalue weighted by molar-refractivity contribution is 6.33. The molecule has 0 amide bonds. The molecule has 0 aromatic carbocycles. The molecular formula is C11H11ClN2O. The molecule has 0 aliphatic heterocycles. The minimum Gasteiger partial charge on any atom is -0.472 e. The van der Waals surface area contributed by atoms with E-state index in [9.17, 15) is 0 Å². The van der Waals surface area contributed by atoms with Gasteiger partial charge in [-0.1, -0.05) is 11.6 Å². The van der Waals surface area contributed by atoms with Gasteiger partial charge in [0.1, 0.15) is 0 Å². The van der Waals surface area contributed by atoms with Gasteiger partial charge in [-0.15, -0.1) is 0 Å². The average molecular weight is 223 g/mol. The van der Waals surface area contributed by atoms with Crippen LogP contribution in [0.25, 0.3) is 0 Å². The summed E-state index contributed by atoms with van der Waals surface area (Å²) in [5.41, 5.74) is 1.91. The standard InChI is InChI=1S/C11H11ClN2O/c1-8(9-3-5-15-7-9)14-11-6-13-4-2-10(11)12/h2-8,14H,1H3. The first kappa shape index (κ1) is 10.1. The van der Waals surface area contributed by atoms with Crippen LogP contribution >= 0.6 is 11.6 Å². The maximum Gasteiger partial charge on any atom is 0.0955 e. The zero-order valence-corrected chi connectivity index (χ0v) is 9.03. The van der Waals surface area contributed by atoms with Crippen molar-refractivity contribution in [1.29, 1.82) is 0 Å². The number of halogens is 1. The van der Waals surface area contributed by atoms with E-state index in [2.05, 4.69) is 10.3 Å². The molecule has 0 saturated heterocycles. The van der Waals surface area contributed by atoms with Crippen LogP contribution in [0.2, 0.25) is 5.02 Å². The van der Waals surface area contributed by atoms with Gasteiger partial charge in [0.05, 0.1) is 35.5 Å². The van der Waals surface area contributed by atoms with Crippen molar-refractivity contribution < 1.29 is 4.42 Å². The first-order chi connectivity index (χ1) is 7.27. The summed E-state index contributed by atoms with van der Waals surface area (Å²) in [6, 6.07) is 3.82. The Bertz CT molecular complexity index is 428. The molecule has 78 valence electrons. The van der Waals surface area contributed by atoms with Crippen molar-refractivity contribution in [2.45, 2.75) is 13.0 Å². The minimum atomic E-state index is 0.144. The molecule has 1 N–H and O–H groups in total. The number of nitrogens with zero attached hydrogens (tertiary/aromatic N) is 1. The number of pyridine rings is 1. The Balaban J connectivity index is 2.13. The van der Waals surface area contributed by atoms with Crippen LogP contribution in [0.4, 0.5) is 5.69 Å². The largest absolute Gasteiger partial charge is 0.472 e. The van der Waals surface area contributed by atoms with Gasteiger partial charge in [-0.05, 0) is 19.1 Å². The van der Waals surface area contributed by atoms with Crippen LogP contribution in [-0.4, -0.2) is 4.98 Å². The highest BCUT2D eigenvalue weighted by Gasteiger charge is 2.08. The number of hydrogen-bond acceptors (Lipinski definition) is 3. The fourth-order valence-electron chi connectivity index (χ4n) is 1.32. The molecule has 2 aromatic heterocycles. The van der Waals surface area contributed by atoms with E-state index >= 15 is 0 Å². The van der Waals surface area contributed by atoms with Gasteiger partial charge in [-0.25, -0.2) is 0 Å². The van der Waals surface area contributed by atoms with Crippen molar-refractivity contribution >= 4 is 17.3 Å². The zero-order chi connectivity index (χ0) is 10.7. The van der Waals surface area contributed by atoms with Crippen molar-refractivity contribution in [1.82, 2.24) is 4.98 Å². The maximum atomic E-state index is 6.00. The summed E-state index contributed by atoms with van der Waals surface area (Å²) < 4.78 is 5.01. The van der Waals surface area contributed by atoms with Gasteiger partial charge in [-0.2, -0.15) is 0 Å². The van der Waals surface area contributed by atoms with Crippen LogP contribution < -0.4 is 5.32 Å². The summed E-state index contributed by atoms with van der Waals surface area (Å²) in [5, 5.41) is 3.93. The summed E-state index contributed by atoms with van der Waals surface area (Å²) in [4.78, 5) is 4.01. The molecule has 1 unspecified atom stereocenters. The first-order valence-corrected chi connectivity index (χ1v) is 5.03. The number of hydrogen-bond donors (Lipinski definition) is 1. The summed E-state index contributed by atoms with van der Waals surface area (Å²) in [6.45, 7) is 2.04. The van der Waals surface area contributed by atoms with Gasteiger partial charge in [0.25, 0.3) is 0 Å². The Hall–Kier alpha value is -1.48. The minimum absolute atomic E-state index is 0.144. The molecule has 2 rings (SSSR count). The summed E-state index contributed by atoms with van der Waals surface area (Å²) >= 11 is 6.00. The molecule has 3 nitrogen and oxygen atoms in total. The van der Waals surface area contributed by atoms with E-state index in [0.717, 1.165) is 11.3 Å². The van der Waals surface area contributed by atoms with Gasteiger partial charge in [0, 0.05) is 11.8 Å². The Kier molecular flexibility index (Phi) is 2.92. The molecule has 2 aromatic rings. The number of furan rings is 1. The van der Waals surface area contributed by atoms with Crippen molar-refractivity contribution in [2.75, 3.05) is 5.32 Å². The normalized spacial score (nSPS) is 12.4. The second kappa shape index (κ2) is 4.36. The van der Waals surface area contributed by atoms with E-state index in [1.807, 2.05) is 13.0 Å². The number of rotatable bonds is 3. The summed E-state index contributed by atoms with van der Waals surface area (Å²) in [7, 11) is 0. The molecule has 0 bridgehead atoms. The van der Waals surface area contributed by atoms with Crippen LogP contribution in [-0.2, 0) is 0 Å². The first-order valence-electron chi connectivity index (χ1n) is 4.65. The van der Waals surface area contributed by atoms with Gasteiger partial charge in [-0.3, -0.25) is 4.98 Å². The van der Waals surface area contributed by atoms with Gasteiger partial charge in [0.2, 0.25) is 0 Å². The third-order valence-corrected chi connectivity index (χ3v) is 2.51. The number of nitrogens with one attached hydrogen (secondary N) is 1. The summed E-state index contributed by atoms with van der Waals surface area (Å²) in [6.07, 6.45) is 6.73. The maximum absolute atomic E-state index is 6.00. The monoisotopic (exact) mass is 222 g/mol. The van der Waals surface area contributed by atoms with E-state index in [1.54, 1.807) is 31.0 Å². The lowest BCUT2D eigenvalue weighted by molar-refractivity contribution is 0.562. The lowest BCUT2D eigenvalue weighted by Crippen LogP contribution is -2.06. The quantitative estimate of drug-likeness (QED) is 0.864. The van der Waals surface area contributed by atoms with E-state index in [0.29, 0.717) is 5.02 Å². The molecule has 0 spiro atoms. The zero-order valence-electron chi connectivity index (χ0n) is 8.27. The molecule has 4 heteroatoms. The third-order valence-electron chi connectivity index (χ3n) is 2.18. The topological polar surface area (TPSA) is 38.1 Å². The molecule has 1 atom stereocenters. The Morgan fingerprint density at radius 2 is 2.33 bits per heavy atom. The number of aromatic nitrogens is 1. The van der Waals surface area contributed by atoms with E-state index in [-0.39, 0.29) is 6.04 Å². The lowest BCUT2D eigenvalue weighted by Gasteiger charge is -2.13. The van der Waals surface area contributed by atoms with Crippen molar-refractivity contribution in [2.24, 2.45) is 0 Å². The molecule has 15 heavy (non-hydrogen) atoms. The fourth-order valence-corrected chi connectivity index (χ4v) is 1.48. The van der Waals surface area contributed by atoms with Gasteiger partial charge < -0.3 is 9.73 Å². The number of anilines is 1. The van der Waals surface area contributed by atoms with E-state index in [4.69, 9.17) is 16.0 Å². The molecule has 0 aliphatic carbocycles. The van der Waals surface area contributed by atoms with Gasteiger partial charge >= 0.3 is 0 Å². The smallest absolute Gasteiger partial charge is 0.0955 e. The van der Waals surface area contributed by atoms with Crippen molar-refractivity contribution in [3.63, 3.8) is 0 Å². The van der Waals surface area contributed by atoms with Crippen LogP contribution in [0.5, 0.6) is 0 Å². The van der Waals surface area contributed by atoms with Crippen molar-refractivity contribution in [3.8, 4) is 0 Å². The Morgan fingerprint density at radius 3 is 3.00 bits per heavy atom. The highest BCUT2D eigenvalue weighted by atomic mass is 35.5. The average Bonchev–Trinajstić information content (AvgIpc) is 2.74. The van der Waals surface area contributed by atoms with Gasteiger partial charge in [0.15, 0.2) is 0 Å². The predicted molar refractivity (Wildman–Crippen MR) is 60.0 cm³/mol. The fraction of sp³-hybridized carbons (Fsp3) is 0.182. The SMILES string of the molecule is CC(Nc1cnccc1Cl)c1ccoc1. The molecule has 0 radical (unpaired) electrons. The van der Waals surface area contributed by atoms with Crippen LogP contribution in [0.1, 0.15) is 18.5 Å². The van der Waals surface area contributed by atoms with Crippen molar-refractivity contribution in [3.05, 3.63) is 47.6 Å². The van der Waals surface area contributed by atoms with Crippen LogP contribution in [0, 0.1) is 0 Å². The third kappa shape index (κ3) is 2.30. The van der Waals surface area contributed by atoms with E-state index in [1.165, 1.54) is 0 Å². The predicted octanol–water partition coefficient (Wildman–Crippen LogP) is 3.50. The Labute approximate surface area is 93.1 Å². The second-order valence-electron chi connectivity index (χ2n) is 3.28. The van der Waals surface area contributed by atoms with Crippen LogP contribution in [0.15, 0.2) is 41.5 Å². The molecule has 2 heterocycles. The lowest BCUT2D eigenvalue weighted by atomic mass is 10.2. The molecular weight excluding hydrogens is 212 g/mol. The molecule has 0 aliphatic rings.